The SMILES string of the molecule is CCCN1C(=O)C(CC(=O)Nc2cccc([N+](=O)[O-])c2)SC1=Nc1ccc(C)cc1. The number of rotatable bonds is 7. The molecule has 30 heavy (non-hydrogen) atoms. The second-order valence-corrected chi connectivity index (χ2v) is 8.06. The molecule has 0 saturated carbocycles. The highest BCUT2D eigenvalue weighted by Gasteiger charge is 2.38. The highest BCUT2D eigenvalue weighted by atomic mass is 32.2. The predicted octanol–water partition coefficient (Wildman–Crippen LogP) is 4.27. The lowest BCUT2D eigenvalue weighted by Gasteiger charge is -2.15. The Hall–Kier alpha value is -3.20. The summed E-state index contributed by atoms with van der Waals surface area (Å²) in [6.07, 6.45) is 0.727. The van der Waals surface area contributed by atoms with E-state index < -0.39 is 10.2 Å². The molecule has 0 spiro atoms. The Labute approximate surface area is 178 Å². The molecule has 1 aliphatic heterocycles. The normalized spacial score (nSPS) is 17.4. The van der Waals surface area contributed by atoms with Crippen molar-refractivity contribution in [3.63, 3.8) is 0 Å². The summed E-state index contributed by atoms with van der Waals surface area (Å²) in [6.45, 7) is 4.49. The summed E-state index contributed by atoms with van der Waals surface area (Å²) >= 11 is 1.27. The summed E-state index contributed by atoms with van der Waals surface area (Å²) in [5.74, 6) is -0.531. The Kier molecular flexibility index (Phi) is 6.83. The van der Waals surface area contributed by atoms with Gasteiger partial charge in [-0.1, -0.05) is 42.4 Å². The summed E-state index contributed by atoms with van der Waals surface area (Å²) in [5, 5.41) is 13.5. The number of amides is 2. The van der Waals surface area contributed by atoms with E-state index in [2.05, 4.69) is 10.3 Å². The molecule has 1 unspecified atom stereocenters. The largest absolute Gasteiger partial charge is 0.326 e. The summed E-state index contributed by atoms with van der Waals surface area (Å²) in [5.41, 5.74) is 2.08. The smallest absolute Gasteiger partial charge is 0.271 e. The van der Waals surface area contributed by atoms with Crippen LogP contribution >= 0.6 is 11.8 Å². The van der Waals surface area contributed by atoms with Gasteiger partial charge in [0.2, 0.25) is 11.8 Å². The van der Waals surface area contributed by atoms with E-state index in [-0.39, 0.29) is 23.9 Å². The number of nitro benzene ring substituents is 1. The maximum Gasteiger partial charge on any atom is 0.271 e. The van der Waals surface area contributed by atoms with Crippen LogP contribution in [-0.2, 0) is 9.59 Å². The molecule has 0 radical (unpaired) electrons. The van der Waals surface area contributed by atoms with Gasteiger partial charge in [-0.25, -0.2) is 4.99 Å². The van der Waals surface area contributed by atoms with Gasteiger partial charge in [0, 0.05) is 30.8 Å². The fourth-order valence-corrected chi connectivity index (χ4v) is 4.15. The van der Waals surface area contributed by atoms with Crippen molar-refractivity contribution in [1.82, 2.24) is 4.90 Å². The average molecular weight is 426 g/mol. The van der Waals surface area contributed by atoms with Gasteiger partial charge in [0.05, 0.1) is 10.6 Å². The zero-order valence-corrected chi connectivity index (χ0v) is 17.5. The van der Waals surface area contributed by atoms with Crippen LogP contribution in [-0.4, -0.2) is 38.6 Å². The number of carbonyl (C=O) groups is 2. The quantitative estimate of drug-likeness (QED) is 0.526. The van der Waals surface area contributed by atoms with Crippen molar-refractivity contribution in [2.75, 3.05) is 11.9 Å². The van der Waals surface area contributed by atoms with Gasteiger partial charge in [-0.15, -0.1) is 0 Å². The number of anilines is 1. The van der Waals surface area contributed by atoms with E-state index in [0.29, 0.717) is 17.4 Å². The topological polar surface area (TPSA) is 105 Å². The summed E-state index contributed by atoms with van der Waals surface area (Å²) < 4.78 is 0. The molecule has 8 nitrogen and oxygen atoms in total. The van der Waals surface area contributed by atoms with Gasteiger partial charge >= 0.3 is 0 Å². The standard InChI is InChI=1S/C21H22N4O4S/c1-3-11-24-20(27)18(30-21(24)23-15-9-7-14(2)8-10-15)13-19(26)22-16-5-4-6-17(12-16)25(28)29/h4-10,12,18H,3,11,13H2,1-2H3,(H,22,26). The van der Waals surface area contributed by atoms with Gasteiger partial charge in [0.1, 0.15) is 5.25 Å². The minimum Gasteiger partial charge on any atom is -0.326 e. The molecular weight excluding hydrogens is 404 g/mol. The molecule has 1 N–H and O–H groups in total. The minimum absolute atomic E-state index is 0.0423. The van der Waals surface area contributed by atoms with E-state index in [0.717, 1.165) is 17.7 Å². The van der Waals surface area contributed by atoms with Gasteiger partial charge < -0.3 is 5.32 Å². The van der Waals surface area contributed by atoms with Crippen molar-refractivity contribution >= 4 is 45.8 Å². The minimum atomic E-state index is -0.584. The molecule has 156 valence electrons. The number of non-ortho nitro benzene ring substituents is 1. The Bertz CT molecular complexity index is 991. The lowest BCUT2D eigenvalue weighted by molar-refractivity contribution is -0.384. The molecule has 1 fully saturated rings. The van der Waals surface area contributed by atoms with Gasteiger partial charge in [-0.2, -0.15) is 0 Å². The number of thioether (sulfide) groups is 1. The van der Waals surface area contributed by atoms with Crippen LogP contribution in [0.3, 0.4) is 0 Å². The third-order valence-corrected chi connectivity index (χ3v) is 5.61. The Morgan fingerprint density at radius 3 is 2.67 bits per heavy atom. The molecule has 9 heteroatoms. The lowest BCUT2D eigenvalue weighted by atomic mass is 10.2. The number of aryl methyl sites for hydroxylation is 1. The van der Waals surface area contributed by atoms with E-state index in [1.165, 1.54) is 30.0 Å². The molecule has 1 aliphatic rings. The van der Waals surface area contributed by atoms with Crippen LogP contribution in [0.25, 0.3) is 0 Å². The first kappa shape index (κ1) is 21.5. The van der Waals surface area contributed by atoms with Crippen LogP contribution in [0.15, 0.2) is 53.5 Å². The van der Waals surface area contributed by atoms with E-state index >= 15 is 0 Å². The van der Waals surface area contributed by atoms with Crippen LogP contribution in [0, 0.1) is 17.0 Å². The number of benzene rings is 2. The number of nitro groups is 1. The fraction of sp³-hybridized carbons (Fsp3) is 0.286. The number of carbonyl (C=O) groups excluding carboxylic acids is 2. The molecule has 2 amide bonds. The molecule has 0 aromatic heterocycles. The molecule has 1 saturated heterocycles. The van der Waals surface area contributed by atoms with Crippen LogP contribution in [0.2, 0.25) is 0 Å². The molecule has 2 aromatic carbocycles. The van der Waals surface area contributed by atoms with E-state index in [4.69, 9.17) is 0 Å². The van der Waals surface area contributed by atoms with Gasteiger partial charge in [-0.3, -0.25) is 24.6 Å². The van der Waals surface area contributed by atoms with Crippen molar-refractivity contribution < 1.29 is 14.5 Å². The highest BCUT2D eigenvalue weighted by Crippen LogP contribution is 2.32. The Morgan fingerprint density at radius 1 is 1.27 bits per heavy atom. The summed E-state index contributed by atoms with van der Waals surface area (Å²) in [7, 11) is 0. The third kappa shape index (κ3) is 5.24. The van der Waals surface area contributed by atoms with Crippen molar-refractivity contribution in [2.24, 2.45) is 4.99 Å². The van der Waals surface area contributed by atoms with E-state index in [1.807, 2.05) is 38.1 Å². The number of aliphatic imine (C=N–C) groups is 1. The average Bonchev–Trinajstić information content (AvgIpc) is 2.99. The van der Waals surface area contributed by atoms with Crippen LogP contribution < -0.4 is 5.32 Å². The molecular formula is C21H22N4O4S. The van der Waals surface area contributed by atoms with E-state index in [1.54, 1.807) is 11.0 Å². The fourth-order valence-electron chi connectivity index (χ4n) is 2.96. The van der Waals surface area contributed by atoms with E-state index in [9.17, 15) is 19.7 Å². The van der Waals surface area contributed by atoms with Crippen molar-refractivity contribution in [3.8, 4) is 0 Å². The number of amidine groups is 1. The second-order valence-electron chi connectivity index (χ2n) is 6.89. The van der Waals surface area contributed by atoms with Crippen molar-refractivity contribution in [3.05, 3.63) is 64.2 Å². The number of nitrogens with zero attached hydrogens (tertiary/aromatic N) is 3. The summed E-state index contributed by atoms with van der Waals surface area (Å²) in [6, 6.07) is 13.4. The highest BCUT2D eigenvalue weighted by molar-refractivity contribution is 8.15. The van der Waals surface area contributed by atoms with Crippen LogP contribution in [0.1, 0.15) is 25.3 Å². The Morgan fingerprint density at radius 2 is 2.00 bits per heavy atom. The maximum absolute atomic E-state index is 12.8. The van der Waals surface area contributed by atoms with Crippen LogP contribution in [0.5, 0.6) is 0 Å². The predicted molar refractivity (Wildman–Crippen MR) is 118 cm³/mol. The first-order valence-electron chi connectivity index (χ1n) is 9.55. The molecule has 2 aromatic rings. The van der Waals surface area contributed by atoms with Crippen molar-refractivity contribution in [1.29, 1.82) is 0 Å². The molecule has 1 heterocycles. The van der Waals surface area contributed by atoms with Crippen LogP contribution in [0.4, 0.5) is 17.1 Å². The number of hydrogen-bond donors (Lipinski definition) is 1. The lowest BCUT2D eigenvalue weighted by Crippen LogP contribution is -2.34. The van der Waals surface area contributed by atoms with Gasteiger partial charge in [-0.05, 0) is 31.5 Å². The Balaban J connectivity index is 1.72. The summed E-state index contributed by atoms with van der Waals surface area (Å²) in [4.78, 5) is 41.9. The first-order valence-corrected chi connectivity index (χ1v) is 10.4. The third-order valence-electron chi connectivity index (χ3n) is 4.44. The zero-order valence-electron chi connectivity index (χ0n) is 16.7. The monoisotopic (exact) mass is 426 g/mol. The molecule has 3 rings (SSSR count). The molecule has 0 bridgehead atoms. The van der Waals surface area contributed by atoms with Gasteiger partial charge in [0.25, 0.3) is 5.69 Å². The molecule has 0 aliphatic carbocycles. The maximum atomic E-state index is 12.8. The molecule has 1 atom stereocenters. The number of hydrogen-bond acceptors (Lipinski definition) is 6. The van der Waals surface area contributed by atoms with Crippen molar-refractivity contribution in [2.45, 2.75) is 31.9 Å². The second kappa shape index (κ2) is 9.53. The number of nitrogens with one attached hydrogen (secondary N) is 1. The zero-order chi connectivity index (χ0) is 21.7. The first-order chi connectivity index (χ1) is 14.4. The van der Waals surface area contributed by atoms with Gasteiger partial charge in [0.15, 0.2) is 5.17 Å².